The molecule has 1 unspecified atom stereocenters. The lowest BCUT2D eigenvalue weighted by Crippen LogP contribution is -2.18. The Morgan fingerprint density at radius 3 is 2.59 bits per heavy atom. The number of benzene rings is 1. The van der Waals surface area contributed by atoms with Gasteiger partial charge in [-0.15, -0.1) is 0 Å². The van der Waals surface area contributed by atoms with E-state index in [1.807, 2.05) is 6.92 Å². The first kappa shape index (κ1) is 13.7. The van der Waals surface area contributed by atoms with Crippen LogP contribution in [0, 0.1) is 0 Å². The zero-order chi connectivity index (χ0) is 13.1. The molecule has 0 amide bonds. The molecule has 1 atom stereocenters. The molecule has 94 valence electrons. The number of rotatable bonds is 5. The summed E-state index contributed by atoms with van der Waals surface area (Å²) in [6.07, 6.45) is 1.35. The molecular formula is C12H16O4S. The molecule has 1 aromatic carbocycles. The van der Waals surface area contributed by atoms with E-state index in [0.29, 0.717) is 6.42 Å². The van der Waals surface area contributed by atoms with E-state index in [9.17, 15) is 13.2 Å². The van der Waals surface area contributed by atoms with Crippen molar-refractivity contribution in [1.82, 2.24) is 0 Å². The quantitative estimate of drug-likeness (QED) is 0.877. The van der Waals surface area contributed by atoms with Gasteiger partial charge in [0.15, 0.2) is 9.84 Å². The maximum Gasteiger partial charge on any atom is 0.335 e. The highest BCUT2D eigenvalue weighted by Crippen LogP contribution is 2.20. The molecule has 0 aromatic heterocycles. The first-order valence-electron chi connectivity index (χ1n) is 5.46. The summed E-state index contributed by atoms with van der Waals surface area (Å²) in [5, 5.41) is 8.33. The van der Waals surface area contributed by atoms with E-state index in [0.717, 1.165) is 6.42 Å². The van der Waals surface area contributed by atoms with Crippen molar-refractivity contribution in [2.75, 3.05) is 0 Å². The van der Waals surface area contributed by atoms with Crippen LogP contribution in [0.2, 0.25) is 0 Å². The second kappa shape index (κ2) is 5.31. The van der Waals surface area contributed by atoms with Crippen molar-refractivity contribution < 1.29 is 18.3 Å². The summed E-state index contributed by atoms with van der Waals surface area (Å²) >= 11 is 0. The standard InChI is InChI=1S/C12H16O4S/c1-3-5-9(2)17(15,16)11-7-4-6-10(8-11)12(13)14/h4,6-9H,3,5H2,1-2H3,(H,13,14). The van der Waals surface area contributed by atoms with Gasteiger partial charge in [0.25, 0.3) is 0 Å². The molecule has 0 aliphatic rings. The number of sulfone groups is 1. The van der Waals surface area contributed by atoms with Crippen molar-refractivity contribution in [2.24, 2.45) is 0 Å². The maximum absolute atomic E-state index is 12.1. The summed E-state index contributed by atoms with van der Waals surface area (Å²) in [5.74, 6) is -1.12. The minimum atomic E-state index is -3.42. The van der Waals surface area contributed by atoms with Crippen molar-refractivity contribution in [3.05, 3.63) is 29.8 Å². The van der Waals surface area contributed by atoms with Crippen molar-refractivity contribution in [2.45, 2.75) is 36.8 Å². The summed E-state index contributed by atoms with van der Waals surface area (Å²) in [4.78, 5) is 10.9. The fourth-order valence-electron chi connectivity index (χ4n) is 1.60. The third kappa shape index (κ3) is 3.06. The van der Waals surface area contributed by atoms with E-state index in [4.69, 9.17) is 5.11 Å². The predicted octanol–water partition coefficient (Wildman–Crippen LogP) is 2.35. The topological polar surface area (TPSA) is 71.4 Å². The van der Waals surface area contributed by atoms with Gasteiger partial charge >= 0.3 is 5.97 Å². The van der Waals surface area contributed by atoms with E-state index in [2.05, 4.69) is 0 Å². The zero-order valence-corrected chi connectivity index (χ0v) is 10.7. The Bertz CT molecular complexity index is 505. The number of carboxylic acid groups (broad SMARTS) is 1. The van der Waals surface area contributed by atoms with E-state index < -0.39 is 21.1 Å². The Hall–Kier alpha value is -1.36. The van der Waals surface area contributed by atoms with Crippen LogP contribution in [0.4, 0.5) is 0 Å². The van der Waals surface area contributed by atoms with Crippen molar-refractivity contribution >= 4 is 15.8 Å². The molecule has 0 fully saturated rings. The first-order valence-corrected chi connectivity index (χ1v) is 7.01. The third-order valence-electron chi connectivity index (χ3n) is 2.63. The summed E-state index contributed by atoms with van der Waals surface area (Å²) < 4.78 is 24.2. The molecule has 0 aliphatic carbocycles. The van der Waals surface area contributed by atoms with Crippen LogP contribution >= 0.6 is 0 Å². The fraction of sp³-hybridized carbons (Fsp3) is 0.417. The highest BCUT2D eigenvalue weighted by molar-refractivity contribution is 7.92. The third-order valence-corrected chi connectivity index (χ3v) is 4.84. The monoisotopic (exact) mass is 256 g/mol. The van der Waals surface area contributed by atoms with Gasteiger partial charge in [0.1, 0.15) is 0 Å². The van der Waals surface area contributed by atoms with Gasteiger partial charge in [0.05, 0.1) is 15.7 Å². The van der Waals surface area contributed by atoms with Gasteiger partial charge in [0, 0.05) is 0 Å². The zero-order valence-electron chi connectivity index (χ0n) is 9.88. The lowest BCUT2D eigenvalue weighted by Gasteiger charge is -2.12. The van der Waals surface area contributed by atoms with Gasteiger partial charge in [-0.05, 0) is 31.5 Å². The van der Waals surface area contributed by atoms with Crippen LogP contribution in [0.25, 0.3) is 0 Å². The molecule has 0 aliphatic heterocycles. The molecule has 0 saturated carbocycles. The minimum Gasteiger partial charge on any atom is -0.478 e. The van der Waals surface area contributed by atoms with Gasteiger partial charge in [-0.25, -0.2) is 13.2 Å². The molecule has 4 nitrogen and oxygen atoms in total. The fourth-order valence-corrected chi connectivity index (χ4v) is 3.17. The molecule has 5 heteroatoms. The van der Waals surface area contributed by atoms with Gasteiger partial charge in [-0.2, -0.15) is 0 Å². The molecule has 0 spiro atoms. The lowest BCUT2D eigenvalue weighted by atomic mass is 10.2. The predicted molar refractivity (Wildman–Crippen MR) is 65.0 cm³/mol. The summed E-state index contributed by atoms with van der Waals surface area (Å²) in [6, 6.07) is 5.48. The van der Waals surface area contributed by atoms with Crippen molar-refractivity contribution in [3.63, 3.8) is 0 Å². The van der Waals surface area contributed by atoms with Crippen LogP contribution in [0.5, 0.6) is 0 Å². The second-order valence-corrected chi connectivity index (χ2v) is 6.34. The summed E-state index contributed by atoms with van der Waals surface area (Å²) in [7, 11) is -3.42. The molecule has 0 saturated heterocycles. The van der Waals surface area contributed by atoms with E-state index in [-0.39, 0.29) is 10.5 Å². The SMILES string of the molecule is CCCC(C)S(=O)(=O)c1cccc(C(=O)O)c1. The number of hydrogen-bond acceptors (Lipinski definition) is 3. The van der Waals surface area contributed by atoms with E-state index in [1.54, 1.807) is 6.92 Å². The van der Waals surface area contributed by atoms with Crippen LogP contribution in [0.1, 0.15) is 37.0 Å². The van der Waals surface area contributed by atoms with E-state index >= 15 is 0 Å². The second-order valence-electron chi connectivity index (χ2n) is 3.98. The van der Waals surface area contributed by atoms with Gasteiger partial charge in [-0.1, -0.05) is 19.4 Å². The van der Waals surface area contributed by atoms with Gasteiger partial charge in [-0.3, -0.25) is 0 Å². The molecule has 1 rings (SSSR count). The minimum absolute atomic E-state index is 0.00484. The normalized spacial score (nSPS) is 13.3. The number of carboxylic acids is 1. The summed E-state index contributed by atoms with van der Waals surface area (Å²) in [6.45, 7) is 3.56. The molecule has 1 aromatic rings. The Balaban J connectivity index is 3.15. The lowest BCUT2D eigenvalue weighted by molar-refractivity contribution is 0.0696. The van der Waals surface area contributed by atoms with Crippen LogP contribution in [-0.4, -0.2) is 24.7 Å². The number of carbonyl (C=O) groups is 1. The molecule has 0 bridgehead atoms. The molecule has 0 heterocycles. The molecular weight excluding hydrogens is 240 g/mol. The Kier molecular flexibility index (Phi) is 4.28. The molecule has 0 radical (unpaired) electrons. The van der Waals surface area contributed by atoms with Crippen LogP contribution in [-0.2, 0) is 9.84 Å². The molecule has 17 heavy (non-hydrogen) atoms. The Labute approximate surface area is 101 Å². The highest BCUT2D eigenvalue weighted by atomic mass is 32.2. The Morgan fingerprint density at radius 2 is 2.06 bits per heavy atom. The largest absolute Gasteiger partial charge is 0.478 e. The van der Waals surface area contributed by atoms with Crippen LogP contribution in [0.15, 0.2) is 29.2 Å². The Morgan fingerprint density at radius 1 is 1.41 bits per heavy atom. The first-order chi connectivity index (χ1) is 7.89. The molecule has 1 N–H and O–H groups in total. The smallest absolute Gasteiger partial charge is 0.335 e. The van der Waals surface area contributed by atoms with Crippen LogP contribution < -0.4 is 0 Å². The van der Waals surface area contributed by atoms with Crippen LogP contribution in [0.3, 0.4) is 0 Å². The van der Waals surface area contributed by atoms with E-state index in [1.165, 1.54) is 24.3 Å². The average Bonchev–Trinajstić information content (AvgIpc) is 2.29. The highest BCUT2D eigenvalue weighted by Gasteiger charge is 2.23. The number of hydrogen-bond donors (Lipinski definition) is 1. The summed E-state index contributed by atoms with van der Waals surface area (Å²) in [5.41, 5.74) is -0.00484. The van der Waals surface area contributed by atoms with Gasteiger partial charge in [0.2, 0.25) is 0 Å². The average molecular weight is 256 g/mol. The maximum atomic E-state index is 12.1. The van der Waals surface area contributed by atoms with Gasteiger partial charge < -0.3 is 5.11 Å². The van der Waals surface area contributed by atoms with Crippen molar-refractivity contribution in [3.8, 4) is 0 Å². The number of aromatic carboxylic acids is 1. The van der Waals surface area contributed by atoms with Crippen molar-refractivity contribution in [1.29, 1.82) is 0 Å².